The highest BCUT2D eigenvalue weighted by atomic mass is 16.3. The molecule has 2 aromatic heterocycles. The highest BCUT2D eigenvalue weighted by Crippen LogP contribution is 2.64. The Morgan fingerprint density at radius 2 is 0.978 bits per heavy atom. The van der Waals surface area contributed by atoms with Crippen molar-refractivity contribution in [3.8, 4) is 44.5 Å². The van der Waals surface area contributed by atoms with Crippen LogP contribution in [0.4, 0.5) is 0 Å². The van der Waals surface area contributed by atoms with Gasteiger partial charge in [-0.3, -0.25) is 0 Å². The maximum absolute atomic E-state index is 6.85. The lowest BCUT2D eigenvalue weighted by Gasteiger charge is -2.35. The molecule has 4 aliphatic rings. The molecule has 0 radical (unpaired) electrons. The first-order valence-electron chi connectivity index (χ1n) is 31.6. The monoisotopic (exact) mass is 1140 g/mol. The zero-order valence-electron chi connectivity index (χ0n) is 50.1. The van der Waals surface area contributed by atoms with E-state index < -0.39 is 10.8 Å². The average Bonchev–Trinajstić information content (AvgIpc) is 1.53. The zero-order chi connectivity index (χ0) is 59.2. The SMILES string of the molecule is Cc1ccc(-c2cc3c(c4c2oc2ccccc24)-c2ccc(/C=C(/Cc4ccc5c(c4)C(c4ccccc4)(c4ccccc4)c4cc6c(cc4-5)C(c4ccccc4)(c4ccccc4)c4ccc5oc7c(c5c4-6)=CCCC=7)c4ccccc4)cc2C3(C)C)cc1. The molecular formula is C87H62O2. The second kappa shape index (κ2) is 19.5. The van der Waals surface area contributed by atoms with E-state index in [9.17, 15) is 0 Å². The van der Waals surface area contributed by atoms with E-state index in [-0.39, 0.29) is 5.41 Å². The summed E-state index contributed by atoms with van der Waals surface area (Å²) in [4.78, 5) is 0. The zero-order valence-corrected chi connectivity index (χ0v) is 50.1. The topological polar surface area (TPSA) is 26.3 Å². The fourth-order valence-electron chi connectivity index (χ4n) is 16.6. The van der Waals surface area contributed by atoms with Crippen molar-refractivity contribution in [3.05, 3.63) is 355 Å². The van der Waals surface area contributed by atoms with Crippen LogP contribution in [-0.2, 0) is 22.7 Å². The molecule has 0 aliphatic heterocycles. The van der Waals surface area contributed by atoms with Gasteiger partial charge in [0, 0.05) is 32.4 Å². The minimum atomic E-state index is -0.672. The Morgan fingerprint density at radius 3 is 1.66 bits per heavy atom. The van der Waals surface area contributed by atoms with Crippen molar-refractivity contribution < 1.29 is 8.83 Å². The Hall–Kier alpha value is -10.5. The summed E-state index contributed by atoms with van der Waals surface area (Å²) in [5, 5.41) is 4.77. The molecule has 2 heterocycles. The number of hydrogen-bond donors (Lipinski definition) is 0. The molecule has 4 aliphatic carbocycles. The van der Waals surface area contributed by atoms with Gasteiger partial charge < -0.3 is 8.83 Å². The highest BCUT2D eigenvalue weighted by Gasteiger charge is 2.52. The van der Waals surface area contributed by atoms with Gasteiger partial charge in [0.15, 0.2) is 0 Å². The molecule has 0 atom stereocenters. The quantitative estimate of drug-likeness (QED) is 0.135. The predicted molar refractivity (Wildman–Crippen MR) is 368 cm³/mol. The summed E-state index contributed by atoms with van der Waals surface area (Å²) in [6.07, 6.45) is 9.85. The molecule has 0 N–H and O–H groups in total. The third-order valence-corrected chi connectivity index (χ3v) is 20.6. The van der Waals surface area contributed by atoms with Crippen molar-refractivity contribution in [2.24, 2.45) is 0 Å². The summed E-state index contributed by atoms with van der Waals surface area (Å²) in [6, 6.07) is 101. The van der Waals surface area contributed by atoms with E-state index in [0.717, 1.165) is 52.4 Å². The summed E-state index contributed by atoms with van der Waals surface area (Å²) in [7, 11) is 0. The Bertz CT molecular complexity index is 5310. The Balaban J connectivity index is 0.841. The van der Waals surface area contributed by atoms with Gasteiger partial charge in [-0.15, -0.1) is 0 Å². The molecule has 0 bridgehead atoms. The van der Waals surface area contributed by atoms with Gasteiger partial charge in [0.25, 0.3) is 0 Å². The van der Waals surface area contributed by atoms with Gasteiger partial charge in [0.2, 0.25) is 0 Å². The summed E-state index contributed by atoms with van der Waals surface area (Å²) < 4.78 is 13.7. The molecule has 18 rings (SSSR count). The lowest BCUT2D eigenvalue weighted by molar-refractivity contribution is 0.571. The summed E-state index contributed by atoms with van der Waals surface area (Å²) in [5.74, 6) is 0. The summed E-state index contributed by atoms with van der Waals surface area (Å²) in [6.45, 7) is 6.96. The molecule has 0 spiro atoms. The van der Waals surface area contributed by atoms with E-state index in [1.165, 1.54) is 138 Å². The molecular weight excluding hydrogens is 1080 g/mol. The van der Waals surface area contributed by atoms with Crippen molar-refractivity contribution in [1.82, 2.24) is 0 Å². The van der Waals surface area contributed by atoms with Crippen molar-refractivity contribution in [1.29, 1.82) is 0 Å². The van der Waals surface area contributed by atoms with Crippen LogP contribution in [0.15, 0.2) is 276 Å². The number of allylic oxidation sites excluding steroid dienone is 1. The fraction of sp³-hybridized carbons (Fsp3) is 0.103. The third kappa shape index (κ3) is 7.38. The largest absolute Gasteiger partial charge is 0.456 e. The van der Waals surface area contributed by atoms with Crippen molar-refractivity contribution in [3.63, 3.8) is 0 Å². The van der Waals surface area contributed by atoms with Gasteiger partial charge in [0.1, 0.15) is 22.2 Å². The molecule has 14 aromatic rings. The molecule has 2 nitrogen and oxygen atoms in total. The smallest absolute Gasteiger partial charge is 0.143 e. The van der Waals surface area contributed by atoms with E-state index in [1.54, 1.807) is 0 Å². The second-order valence-corrected chi connectivity index (χ2v) is 25.7. The molecule has 422 valence electrons. The second-order valence-electron chi connectivity index (χ2n) is 25.7. The molecule has 0 fully saturated rings. The van der Waals surface area contributed by atoms with E-state index >= 15 is 0 Å². The summed E-state index contributed by atoms with van der Waals surface area (Å²) >= 11 is 0. The molecule has 0 unspecified atom stereocenters. The number of para-hydroxylation sites is 1. The van der Waals surface area contributed by atoms with E-state index in [1.807, 2.05) is 0 Å². The highest BCUT2D eigenvalue weighted by molar-refractivity contribution is 6.19. The molecule has 0 saturated heterocycles. The lowest BCUT2D eigenvalue weighted by Crippen LogP contribution is -2.30. The van der Waals surface area contributed by atoms with E-state index in [0.29, 0.717) is 0 Å². The third-order valence-electron chi connectivity index (χ3n) is 20.6. The number of fused-ring (bicyclic) bond motifs is 17. The number of benzene rings is 12. The molecule has 2 heteroatoms. The van der Waals surface area contributed by atoms with Gasteiger partial charge in [0.05, 0.1) is 10.8 Å². The van der Waals surface area contributed by atoms with Crippen LogP contribution >= 0.6 is 0 Å². The van der Waals surface area contributed by atoms with Gasteiger partial charge in [-0.1, -0.05) is 268 Å². The predicted octanol–water partition coefficient (Wildman–Crippen LogP) is 20.5. The average molecular weight is 1140 g/mol. The minimum absolute atomic E-state index is 0.286. The first-order chi connectivity index (χ1) is 43.8. The Kier molecular flexibility index (Phi) is 11.3. The van der Waals surface area contributed by atoms with Gasteiger partial charge in [-0.25, -0.2) is 0 Å². The Labute approximate surface area is 518 Å². The van der Waals surface area contributed by atoms with Crippen molar-refractivity contribution >= 4 is 56.7 Å². The van der Waals surface area contributed by atoms with Crippen LogP contribution in [0.3, 0.4) is 0 Å². The molecule has 12 aromatic carbocycles. The first-order valence-corrected chi connectivity index (χ1v) is 31.6. The number of hydrogen-bond acceptors (Lipinski definition) is 2. The van der Waals surface area contributed by atoms with Crippen molar-refractivity contribution in [2.75, 3.05) is 0 Å². The van der Waals surface area contributed by atoms with Crippen LogP contribution < -0.4 is 10.6 Å². The number of furan rings is 2. The minimum Gasteiger partial charge on any atom is -0.456 e. The lowest BCUT2D eigenvalue weighted by atomic mass is 9.66. The van der Waals surface area contributed by atoms with Crippen LogP contribution in [0.2, 0.25) is 0 Å². The van der Waals surface area contributed by atoms with Crippen molar-refractivity contribution in [2.45, 2.75) is 56.3 Å². The normalized spacial score (nSPS) is 15.2. The van der Waals surface area contributed by atoms with Crippen LogP contribution in [0.25, 0.3) is 101 Å². The number of rotatable bonds is 9. The van der Waals surface area contributed by atoms with E-state index in [2.05, 4.69) is 306 Å². The Morgan fingerprint density at radius 1 is 0.416 bits per heavy atom. The van der Waals surface area contributed by atoms with E-state index in [4.69, 9.17) is 8.83 Å². The standard InChI is InChI=1S/C87H62O2/c1-54-37-41-58(42-38-54)68-51-76-80(83-67-34-20-22-36-78(67)89-84(68)83)65-44-40-55(49-72(65)85(76,2)3)47-59(57-23-9-4-10-24-57)48-56-39-43-64-69-52-75-70(53-74(69)87(73(64)50-56,62-29-15-7-16-30-62)63-31-17-8-18-32-63)81-71(45-46-79-82(81)66-33-19-21-35-77(66)88-79)86(75,60-25-11-5-12-26-60)61-27-13-6-14-28-61/h4-18,20,22-47,49-53H,19,21,48H2,1-3H3/b59-47-. The molecule has 0 amide bonds. The maximum atomic E-state index is 6.85. The first kappa shape index (κ1) is 51.7. The maximum Gasteiger partial charge on any atom is 0.143 e. The molecule has 0 saturated carbocycles. The molecule has 89 heavy (non-hydrogen) atoms. The van der Waals surface area contributed by atoms with Crippen LogP contribution in [-0.4, -0.2) is 0 Å². The van der Waals surface area contributed by atoms with Gasteiger partial charge in [-0.05, 0) is 179 Å². The fourth-order valence-corrected chi connectivity index (χ4v) is 16.6. The van der Waals surface area contributed by atoms with Gasteiger partial charge >= 0.3 is 0 Å². The number of aryl methyl sites for hydroxylation is 1. The van der Waals surface area contributed by atoms with Crippen LogP contribution in [0.1, 0.15) is 105 Å². The van der Waals surface area contributed by atoms with Crippen LogP contribution in [0.5, 0.6) is 0 Å². The summed E-state index contributed by atoms with van der Waals surface area (Å²) in [5.41, 5.74) is 31.1. The van der Waals surface area contributed by atoms with Gasteiger partial charge in [-0.2, -0.15) is 0 Å². The van der Waals surface area contributed by atoms with Crippen LogP contribution in [0, 0.1) is 6.92 Å².